The number of aryl methyl sites for hydroxylation is 2. The van der Waals surface area contributed by atoms with Crippen LogP contribution in [0.5, 0.6) is 0 Å². The zero-order valence-electron chi connectivity index (χ0n) is 16.7. The number of carbonyl (C=O) groups is 1. The fourth-order valence-corrected chi connectivity index (χ4v) is 2.95. The molecule has 0 spiro atoms. The molecule has 6 heteroatoms. The number of hydrogen-bond acceptors (Lipinski definition) is 5. The van der Waals surface area contributed by atoms with Crippen LogP contribution in [-0.4, -0.2) is 61.3 Å². The van der Waals surface area contributed by atoms with E-state index in [0.717, 1.165) is 35.6 Å². The van der Waals surface area contributed by atoms with Crippen molar-refractivity contribution in [1.82, 2.24) is 14.8 Å². The van der Waals surface area contributed by atoms with Crippen LogP contribution in [0.2, 0.25) is 0 Å². The molecule has 0 N–H and O–H groups in total. The van der Waals surface area contributed by atoms with Gasteiger partial charge in [0.15, 0.2) is 6.29 Å². The van der Waals surface area contributed by atoms with Gasteiger partial charge in [-0.3, -0.25) is 4.79 Å². The third-order valence-electron chi connectivity index (χ3n) is 4.29. The number of thiazole rings is 1. The van der Waals surface area contributed by atoms with Crippen LogP contribution in [0, 0.1) is 19.7 Å². The molecule has 4 nitrogen and oxygen atoms in total. The molecule has 0 unspecified atom stereocenters. The fraction of sp³-hybridized carbons (Fsp3) is 0.500. The minimum atomic E-state index is -0.229. The molecule has 1 aromatic carbocycles. The summed E-state index contributed by atoms with van der Waals surface area (Å²) in [5.74, 6) is -0.229. The van der Waals surface area contributed by atoms with Crippen LogP contribution in [0.15, 0.2) is 18.2 Å². The first-order valence-corrected chi connectivity index (χ1v) is 9.70. The number of nitrogens with zero attached hydrogens (tertiary/aromatic N) is 3. The summed E-state index contributed by atoms with van der Waals surface area (Å²) in [6.45, 7) is 12.5. The highest BCUT2D eigenvalue weighted by molar-refractivity contribution is 7.16. The lowest BCUT2D eigenvalue weighted by atomic mass is 10.1. The maximum absolute atomic E-state index is 13.1. The molecule has 2 rings (SSSR count). The first-order chi connectivity index (χ1) is 12.3. The first kappa shape index (κ1) is 22.4. The Morgan fingerprint density at radius 3 is 2.12 bits per heavy atom. The van der Waals surface area contributed by atoms with Crippen LogP contribution in [0.1, 0.15) is 34.8 Å². The summed E-state index contributed by atoms with van der Waals surface area (Å²) in [5.41, 5.74) is 2.15. The summed E-state index contributed by atoms with van der Waals surface area (Å²) in [4.78, 5) is 20.3. The molecule has 0 aliphatic heterocycles. The lowest BCUT2D eigenvalue weighted by Gasteiger charge is -2.18. The molecule has 2 aromatic rings. The average Bonchev–Trinajstić information content (AvgIpc) is 3.02. The number of halogens is 1. The molecular weight excluding hydrogens is 349 g/mol. The SMILES string of the molecule is CCN(C)CCN(C)CC.Cc1cc(-c2nc(C)c(C=O)s2)ccc1F. The summed E-state index contributed by atoms with van der Waals surface area (Å²) in [6.07, 6.45) is 0.798. The Bertz CT molecular complexity index is 692. The van der Waals surface area contributed by atoms with Gasteiger partial charge in [-0.05, 0) is 64.8 Å². The van der Waals surface area contributed by atoms with Gasteiger partial charge in [-0.1, -0.05) is 13.8 Å². The van der Waals surface area contributed by atoms with Gasteiger partial charge < -0.3 is 9.80 Å². The Labute approximate surface area is 160 Å². The van der Waals surface area contributed by atoms with E-state index in [2.05, 4.69) is 42.7 Å². The van der Waals surface area contributed by atoms with E-state index in [4.69, 9.17) is 0 Å². The highest BCUT2D eigenvalue weighted by Crippen LogP contribution is 2.27. The van der Waals surface area contributed by atoms with Gasteiger partial charge in [-0.25, -0.2) is 9.37 Å². The van der Waals surface area contributed by atoms with Crippen molar-refractivity contribution in [3.05, 3.63) is 40.2 Å². The van der Waals surface area contributed by atoms with Crippen LogP contribution >= 0.6 is 11.3 Å². The molecule has 0 radical (unpaired) electrons. The van der Waals surface area contributed by atoms with Gasteiger partial charge in [0, 0.05) is 18.7 Å². The second kappa shape index (κ2) is 11.2. The predicted octanol–water partition coefficient (Wildman–Crippen LogP) is 4.27. The average molecular weight is 380 g/mol. The minimum Gasteiger partial charge on any atom is -0.305 e. The van der Waals surface area contributed by atoms with Crippen molar-refractivity contribution in [2.75, 3.05) is 40.3 Å². The van der Waals surface area contributed by atoms with E-state index in [-0.39, 0.29) is 5.82 Å². The van der Waals surface area contributed by atoms with Crippen LogP contribution in [0.4, 0.5) is 4.39 Å². The largest absolute Gasteiger partial charge is 0.305 e. The lowest BCUT2D eigenvalue weighted by Crippen LogP contribution is -2.30. The lowest BCUT2D eigenvalue weighted by molar-refractivity contribution is 0.112. The molecule has 26 heavy (non-hydrogen) atoms. The van der Waals surface area contributed by atoms with Crippen molar-refractivity contribution in [1.29, 1.82) is 0 Å². The standard InChI is InChI=1S/C12H10FNOS.C8H20N2/c1-7-5-9(3-4-10(7)13)12-14-8(2)11(6-15)16-12;1-5-9(3)7-8-10(4)6-2/h3-6H,1-2H3;5-8H2,1-4H3. The van der Waals surface area contributed by atoms with Crippen molar-refractivity contribution in [3.63, 3.8) is 0 Å². The Morgan fingerprint density at radius 2 is 1.69 bits per heavy atom. The maximum atomic E-state index is 13.1. The van der Waals surface area contributed by atoms with Gasteiger partial charge in [0.1, 0.15) is 10.8 Å². The van der Waals surface area contributed by atoms with E-state index in [0.29, 0.717) is 10.4 Å². The predicted molar refractivity (Wildman–Crippen MR) is 109 cm³/mol. The summed E-state index contributed by atoms with van der Waals surface area (Å²) >= 11 is 1.33. The summed E-state index contributed by atoms with van der Waals surface area (Å²) in [6, 6.07) is 4.83. The van der Waals surface area contributed by atoms with Gasteiger partial charge in [0.05, 0.1) is 10.6 Å². The number of aldehydes is 1. The van der Waals surface area contributed by atoms with E-state index in [1.165, 1.54) is 30.5 Å². The van der Waals surface area contributed by atoms with Gasteiger partial charge >= 0.3 is 0 Å². The van der Waals surface area contributed by atoms with E-state index in [9.17, 15) is 9.18 Å². The molecule has 0 bridgehead atoms. The Kier molecular flexibility index (Phi) is 9.62. The molecule has 144 valence electrons. The third kappa shape index (κ3) is 6.94. The number of carbonyl (C=O) groups excluding carboxylic acids is 1. The maximum Gasteiger partial charge on any atom is 0.161 e. The van der Waals surface area contributed by atoms with Crippen molar-refractivity contribution < 1.29 is 9.18 Å². The number of benzene rings is 1. The molecule has 0 saturated heterocycles. The monoisotopic (exact) mass is 379 g/mol. The van der Waals surface area contributed by atoms with Crippen LogP contribution in [0.3, 0.4) is 0 Å². The molecule has 0 aliphatic carbocycles. The second-order valence-corrected chi connectivity index (χ2v) is 7.37. The number of likely N-dealkylation sites (N-methyl/N-ethyl adjacent to an activating group) is 2. The third-order valence-corrected chi connectivity index (χ3v) is 5.42. The Hall–Kier alpha value is -1.63. The highest BCUT2D eigenvalue weighted by Gasteiger charge is 2.09. The summed E-state index contributed by atoms with van der Waals surface area (Å²) in [7, 11) is 4.31. The van der Waals surface area contributed by atoms with E-state index < -0.39 is 0 Å². The van der Waals surface area contributed by atoms with Crippen LogP contribution in [0.25, 0.3) is 10.6 Å². The van der Waals surface area contributed by atoms with Gasteiger partial charge in [-0.15, -0.1) is 11.3 Å². The van der Waals surface area contributed by atoms with Crippen molar-refractivity contribution in [2.24, 2.45) is 0 Å². The van der Waals surface area contributed by atoms with E-state index >= 15 is 0 Å². The summed E-state index contributed by atoms with van der Waals surface area (Å²) in [5, 5.41) is 0.753. The molecule has 0 amide bonds. The number of rotatable bonds is 7. The molecule has 1 aromatic heterocycles. The zero-order valence-corrected chi connectivity index (χ0v) is 17.5. The quantitative estimate of drug-likeness (QED) is 0.673. The van der Waals surface area contributed by atoms with Crippen molar-refractivity contribution in [2.45, 2.75) is 27.7 Å². The fourth-order valence-electron chi connectivity index (χ4n) is 2.08. The Balaban J connectivity index is 0.000000294. The smallest absolute Gasteiger partial charge is 0.161 e. The van der Waals surface area contributed by atoms with Crippen molar-refractivity contribution in [3.8, 4) is 10.6 Å². The van der Waals surface area contributed by atoms with Crippen LogP contribution < -0.4 is 0 Å². The van der Waals surface area contributed by atoms with Crippen molar-refractivity contribution >= 4 is 17.6 Å². The van der Waals surface area contributed by atoms with E-state index in [1.54, 1.807) is 26.0 Å². The number of aromatic nitrogens is 1. The molecular formula is C20H30FN3OS. The van der Waals surface area contributed by atoms with Gasteiger partial charge in [-0.2, -0.15) is 0 Å². The first-order valence-electron chi connectivity index (χ1n) is 8.88. The zero-order chi connectivity index (χ0) is 19.7. The summed E-state index contributed by atoms with van der Waals surface area (Å²) < 4.78 is 13.1. The molecule has 0 saturated carbocycles. The normalized spacial score (nSPS) is 10.8. The molecule has 0 aliphatic rings. The highest BCUT2D eigenvalue weighted by atomic mass is 32.1. The second-order valence-electron chi connectivity index (χ2n) is 6.34. The molecule has 0 fully saturated rings. The van der Waals surface area contributed by atoms with Gasteiger partial charge in [0.2, 0.25) is 0 Å². The molecule has 1 heterocycles. The topological polar surface area (TPSA) is 36.4 Å². The van der Waals surface area contributed by atoms with E-state index in [1.807, 2.05) is 0 Å². The van der Waals surface area contributed by atoms with Crippen LogP contribution in [-0.2, 0) is 0 Å². The number of hydrogen-bond donors (Lipinski definition) is 0. The molecule has 0 atom stereocenters. The van der Waals surface area contributed by atoms with Gasteiger partial charge in [0.25, 0.3) is 0 Å². The Morgan fingerprint density at radius 1 is 1.12 bits per heavy atom. The minimum absolute atomic E-state index is 0.229.